The molecule has 3 heterocycles. The van der Waals surface area contributed by atoms with Crippen molar-refractivity contribution in [3.8, 4) is 0 Å². The third-order valence-corrected chi connectivity index (χ3v) is 5.64. The van der Waals surface area contributed by atoms with E-state index in [2.05, 4.69) is 45.4 Å². The van der Waals surface area contributed by atoms with E-state index in [1.165, 1.54) is 10.9 Å². The first-order valence-electron chi connectivity index (χ1n) is 10.1. The molecule has 7 heteroatoms. The number of hydrogen-bond acceptors (Lipinski definition) is 5. The summed E-state index contributed by atoms with van der Waals surface area (Å²) in [5.41, 5.74) is 10.0. The van der Waals surface area contributed by atoms with Gasteiger partial charge in [-0.25, -0.2) is 0 Å². The number of aryl methyl sites for hydroxylation is 1. The molecule has 3 aromatic rings. The number of nitrogens with one attached hydrogen (secondary N) is 1. The molecule has 0 spiro atoms. The molecule has 7 nitrogen and oxygen atoms in total. The van der Waals surface area contributed by atoms with Crippen LogP contribution in [0.1, 0.15) is 30.4 Å². The fourth-order valence-corrected chi connectivity index (χ4v) is 4.48. The number of nitrogens with zero attached hydrogens (tertiary/aromatic N) is 4. The van der Waals surface area contributed by atoms with Gasteiger partial charge in [0.15, 0.2) is 0 Å². The van der Waals surface area contributed by atoms with E-state index in [1.54, 1.807) is 17.1 Å². The minimum Gasteiger partial charge on any atom is -0.326 e. The van der Waals surface area contributed by atoms with Crippen LogP contribution in [0.2, 0.25) is 0 Å². The Morgan fingerprint density at radius 2 is 2.17 bits per heavy atom. The summed E-state index contributed by atoms with van der Waals surface area (Å²) in [6.07, 6.45) is 6.39. The Labute approximate surface area is 170 Å². The number of amides is 1. The molecule has 1 aromatic carbocycles. The number of anilines is 1. The summed E-state index contributed by atoms with van der Waals surface area (Å²) < 4.78 is 1.68. The molecule has 1 aliphatic heterocycles. The molecular weight excluding hydrogens is 364 g/mol. The number of carbonyl (C=O) groups excluding carboxylic acids is 1. The second-order valence-electron chi connectivity index (χ2n) is 8.10. The van der Waals surface area contributed by atoms with E-state index in [9.17, 15) is 4.79 Å². The number of rotatable bonds is 5. The van der Waals surface area contributed by atoms with E-state index in [-0.39, 0.29) is 5.91 Å². The molecule has 0 radical (unpaired) electrons. The van der Waals surface area contributed by atoms with Crippen molar-refractivity contribution in [3.05, 3.63) is 54.0 Å². The van der Waals surface area contributed by atoms with Gasteiger partial charge in [-0.05, 0) is 35.4 Å². The molecule has 1 amide bonds. The number of hydrogen-bond donors (Lipinski definition) is 2. The molecule has 2 aromatic heterocycles. The van der Waals surface area contributed by atoms with Crippen LogP contribution < -0.4 is 11.1 Å². The molecule has 152 valence electrons. The Bertz CT molecular complexity index is 1010. The first kappa shape index (κ1) is 19.5. The van der Waals surface area contributed by atoms with Gasteiger partial charge in [-0.15, -0.1) is 0 Å². The topological polar surface area (TPSA) is 89.1 Å². The Morgan fingerprint density at radius 1 is 1.31 bits per heavy atom. The highest BCUT2D eigenvalue weighted by Gasteiger charge is 2.28. The summed E-state index contributed by atoms with van der Waals surface area (Å²) in [6.45, 7) is 4.90. The maximum absolute atomic E-state index is 12.5. The molecule has 0 saturated carbocycles. The van der Waals surface area contributed by atoms with Crippen molar-refractivity contribution >= 4 is 22.5 Å². The number of piperidine rings is 1. The SMILES string of the molecule is C[C@@H]1C[C@H](c2ccc(CN)c3ncccc23)CN(CC(=O)Nc2cnn(C)c2)C1. The number of likely N-dealkylation sites (tertiary alicyclic amines) is 1. The zero-order chi connectivity index (χ0) is 20.4. The molecule has 0 aliphatic carbocycles. The standard InChI is InChI=1S/C22H28N6O/c1-15-8-17(19-6-5-16(9-23)22-20(19)4-3-7-24-22)12-28(11-15)14-21(29)26-18-10-25-27(2)13-18/h3-7,10,13,15,17H,8-9,11-12,14,23H2,1-2H3,(H,26,29)/t15-,17+/m1/s1. The number of fused-ring (bicyclic) bond motifs is 1. The predicted octanol–water partition coefficient (Wildman–Crippen LogP) is 2.49. The Hall–Kier alpha value is -2.77. The average Bonchev–Trinajstić information content (AvgIpc) is 3.11. The Balaban J connectivity index is 1.52. The lowest BCUT2D eigenvalue weighted by Gasteiger charge is -2.36. The second-order valence-corrected chi connectivity index (χ2v) is 8.10. The molecule has 3 N–H and O–H groups in total. The highest BCUT2D eigenvalue weighted by molar-refractivity contribution is 5.92. The van der Waals surface area contributed by atoms with Crippen LogP contribution in [0.5, 0.6) is 0 Å². The maximum atomic E-state index is 12.5. The summed E-state index contributed by atoms with van der Waals surface area (Å²) in [4.78, 5) is 19.4. The lowest BCUT2D eigenvalue weighted by molar-refractivity contribution is -0.117. The lowest BCUT2D eigenvalue weighted by Crippen LogP contribution is -2.42. The van der Waals surface area contributed by atoms with Crippen LogP contribution in [-0.2, 0) is 18.4 Å². The van der Waals surface area contributed by atoms with Crippen LogP contribution in [0, 0.1) is 5.92 Å². The fraction of sp³-hybridized carbons (Fsp3) is 0.409. The van der Waals surface area contributed by atoms with Crippen molar-refractivity contribution in [1.29, 1.82) is 0 Å². The van der Waals surface area contributed by atoms with Crippen molar-refractivity contribution in [3.63, 3.8) is 0 Å². The number of benzene rings is 1. The largest absolute Gasteiger partial charge is 0.326 e. The summed E-state index contributed by atoms with van der Waals surface area (Å²) in [5, 5.41) is 8.21. The van der Waals surface area contributed by atoms with E-state index >= 15 is 0 Å². The minimum atomic E-state index is -0.00384. The van der Waals surface area contributed by atoms with Gasteiger partial charge in [-0.3, -0.25) is 19.4 Å². The third kappa shape index (κ3) is 4.31. The van der Waals surface area contributed by atoms with E-state index in [1.807, 2.05) is 19.3 Å². The van der Waals surface area contributed by atoms with Gasteiger partial charge in [0.25, 0.3) is 0 Å². The van der Waals surface area contributed by atoms with E-state index in [0.29, 0.717) is 24.9 Å². The molecular formula is C22H28N6O. The van der Waals surface area contributed by atoms with Crippen LogP contribution in [0.25, 0.3) is 10.9 Å². The first-order chi connectivity index (χ1) is 14.0. The molecule has 2 atom stereocenters. The van der Waals surface area contributed by atoms with Crippen LogP contribution in [0.15, 0.2) is 42.9 Å². The maximum Gasteiger partial charge on any atom is 0.238 e. The second kappa shape index (κ2) is 8.31. The fourth-order valence-electron chi connectivity index (χ4n) is 4.48. The van der Waals surface area contributed by atoms with E-state index < -0.39 is 0 Å². The van der Waals surface area contributed by atoms with Gasteiger partial charge in [0.05, 0.1) is 23.9 Å². The first-order valence-corrected chi connectivity index (χ1v) is 10.1. The number of nitrogens with two attached hydrogens (primary N) is 1. The van der Waals surface area contributed by atoms with Gasteiger partial charge < -0.3 is 11.1 Å². The zero-order valence-electron chi connectivity index (χ0n) is 17.0. The summed E-state index contributed by atoms with van der Waals surface area (Å²) in [5.74, 6) is 0.875. The quantitative estimate of drug-likeness (QED) is 0.696. The van der Waals surface area contributed by atoms with Crippen molar-refractivity contribution in [2.24, 2.45) is 18.7 Å². The average molecular weight is 393 g/mol. The van der Waals surface area contributed by atoms with Gasteiger partial charge in [0.1, 0.15) is 0 Å². The normalized spacial score (nSPS) is 20.1. The minimum absolute atomic E-state index is 0.00384. The van der Waals surface area contributed by atoms with Gasteiger partial charge in [-0.1, -0.05) is 25.1 Å². The van der Waals surface area contributed by atoms with Crippen LogP contribution in [-0.4, -0.2) is 45.2 Å². The van der Waals surface area contributed by atoms with Crippen LogP contribution >= 0.6 is 0 Å². The predicted molar refractivity (Wildman–Crippen MR) is 114 cm³/mol. The van der Waals surface area contributed by atoms with Crippen molar-refractivity contribution in [2.45, 2.75) is 25.8 Å². The van der Waals surface area contributed by atoms with Gasteiger partial charge in [-0.2, -0.15) is 5.10 Å². The zero-order valence-corrected chi connectivity index (χ0v) is 17.0. The van der Waals surface area contributed by atoms with E-state index in [4.69, 9.17) is 5.73 Å². The molecule has 4 rings (SSSR count). The van der Waals surface area contributed by atoms with Gasteiger partial charge in [0.2, 0.25) is 5.91 Å². The molecule has 0 bridgehead atoms. The number of carbonyl (C=O) groups is 1. The van der Waals surface area contributed by atoms with Gasteiger partial charge >= 0.3 is 0 Å². The summed E-state index contributed by atoms with van der Waals surface area (Å²) >= 11 is 0. The Kier molecular flexibility index (Phi) is 5.60. The Morgan fingerprint density at radius 3 is 2.93 bits per heavy atom. The highest BCUT2D eigenvalue weighted by Crippen LogP contribution is 2.34. The summed E-state index contributed by atoms with van der Waals surface area (Å²) in [7, 11) is 1.84. The van der Waals surface area contributed by atoms with Crippen LogP contribution in [0.3, 0.4) is 0 Å². The number of pyridine rings is 1. The summed E-state index contributed by atoms with van der Waals surface area (Å²) in [6, 6.07) is 8.42. The monoisotopic (exact) mass is 392 g/mol. The van der Waals surface area contributed by atoms with Gasteiger partial charge in [0, 0.05) is 44.5 Å². The number of aromatic nitrogens is 3. The molecule has 1 aliphatic rings. The van der Waals surface area contributed by atoms with E-state index in [0.717, 1.165) is 36.3 Å². The van der Waals surface area contributed by atoms with Crippen molar-refractivity contribution in [1.82, 2.24) is 19.7 Å². The lowest BCUT2D eigenvalue weighted by atomic mass is 9.83. The molecule has 1 saturated heterocycles. The molecule has 29 heavy (non-hydrogen) atoms. The van der Waals surface area contributed by atoms with Crippen molar-refractivity contribution in [2.75, 3.05) is 25.0 Å². The molecule has 0 unspecified atom stereocenters. The van der Waals surface area contributed by atoms with Crippen molar-refractivity contribution < 1.29 is 4.79 Å². The smallest absolute Gasteiger partial charge is 0.238 e. The third-order valence-electron chi connectivity index (χ3n) is 5.64. The highest BCUT2D eigenvalue weighted by atomic mass is 16.2. The van der Waals surface area contributed by atoms with Crippen LogP contribution in [0.4, 0.5) is 5.69 Å². The molecule has 1 fully saturated rings.